The molecular formula is C11H14N2O2S. The van der Waals surface area contributed by atoms with Gasteiger partial charge < -0.3 is 0 Å². The van der Waals surface area contributed by atoms with Crippen LogP contribution in [-0.2, 0) is 9.59 Å². The van der Waals surface area contributed by atoms with Crippen molar-refractivity contribution in [2.24, 2.45) is 0 Å². The number of nitrogens with zero attached hydrogens (tertiary/aromatic N) is 2. The van der Waals surface area contributed by atoms with Gasteiger partial charge in [-0.1, -0.05) is 11.8 Å². The number of carbonyl (C=O) groups is 2. The molecule has 0 saturated carbocycles. The maximum absolute atomic E-state index is 11.3. The van der Waals surface area contributed by atoms with Gasteiger partial charge in [0.05, 0.1) is 0 Å². The summed E-state index contributed by atoms with van der Waals surface area (Å²) in [5.74, 6) is -0.333. The van der Waals surface area contributed by atoms with E-state index in [4.69, 9.17) is 0 Å². The van der Waals surface area contributed by atoms with Gasteiger partial charge in [-0.05, 0) is 33.8 Å². The Morgan fingerprint density at radius 2 is 1.56 bits per heavy atom. The van der Waals surface area contributed by atoms with E-state index < -0.39 is 5.25 Å². The smallest absolute Gasteiger partial charge is 0.189 e. The van der Waals surface area contributed by atoms with E-state index in [1.807, 2.05) is 19.9 Å². The topological polar surface area (TPSA) is 59.9 Å². The molecule has 0 saturated heterocycles. The quantitative estimate of drug-likeness (QED) is 0.454. The van der Waals surface area contributed by atoms with E-state index >= 15 is 0 Å². The number of ketones is 2. The first kappa shape index (κ1) is 12.8. The molecule has 0 spiro atoms. The van der Waals surface area contributed by atoms with Crippen LogP contribution in [0, 0.1) is 13.8 Å². The van der Waals surface area contributed by atoms with E-state index in [1.165, 1.54) is 13.8 Å². The Kier molecular flexibility index (Phi) is 4.18. The maximum Gasteiger partial charge on any atom is 0.189 e. The van der Waals surface area contributed by atoms with Crippen LogP contribution >= 0.6 is 11.8 Å². The molecule has 0 fully saturated rings. The summed E-state index contributed by atoms with van der Waals surface area (Å²) in [7, 11) is 0. The Hall–Kier alpha value is -1.23. The molecule has 5 heteroatoms. The number of rotatable bonds is 4. The normalized spacial score (nSPS) is 10.6. The zero-order valence-electron chi connectivity index (χ0n) is 9.77. The van der Waals surface area contributed by atoms with Gasteiger partial charge in [0.25, 0.3) is 0 Å². The summed E-state index contributed by atoms with van der Waals surface area (Å²) in [6.45, 7) is 6.52. The third kappa shape index (κ3) is 3.41. The fourth-order valence-corrected chi connectivity index (χ4v) is 2.24. The number of hydrogen-bond acceptors (Lipinski definition) is 5. The predicted molar refractivity (Wildman–Crippen MR) is 62.5 cm³/mol. The second-order valence-corrected chi connectivity index (χ2v) is 4.72. The van der Waals surface area contributed by atoms with Crippen LogP contribution in [0.3, 0.4) is 0 Å². The van der Waals surface area contributed by atoms with Crippen molar-refractivity contribution in [3.8, 4) is 0 Å². The third-order valence-electron chi connectivity index (χ3n) is 1.92. The SMILES string of the molecule is CC(=O)C(Sc1nc(C)cc(C)n1)C(C)=O. The van der Waals surface area contributed by atoms with Gasteiger partial charge >= 0.3 is 0 Å². The van der Waals surface area contributed by atoms with Crippen LogP contribution in [0.1, 0.15) is 25.2 Å². The average Bonchev–Trinajstić information content (AvgIpc) is 2.11. The largest absolute Gasteiger partial charge is 0.298 e. The van der Waals surface area contributed by atoms with Gasteiger partial charge in [-0.25, -0.2) is 9.97 Å². The van der Waals surface area contributed by atoms with Gasteiger partial charge in [0.15, 0.2) is 16.7 Å². The first-order chi connectivity index (χ1) is 7.40. The highest BCUT2D eigenvalue weighted by Crippen LogP contribution is 2.21. The summed E-state index contributed by atoms with van der Waals surface area (Å²) in [6, 6.07) is 1.85. The van der Waals surface area contributed by atoms with Crippen LogP contribution in [-0.4, -0.2) is 26.8 Å². The molecule has 4 nitrogen and oxygen atoms in total. The first-order valence-corrected chi connectivity index (χ1v) is 5.78. The summed E-state index contributed by atoms with van der Waals surface area (Å²) < 4.78 is 0. The standard InChI is InChI=1S/C11H14N2O2S/c1-6-5-7(2)13-11(12-6)16-10(8(3)14)9(4)15/h5,10H,1-4H3. The second kappa shape index (κ2) is 5.21. The zero-order chi connectivity index (χ0) is 12.3. The first-order valence-electron chi connectivity index (χ1n) is 4.90. The fourth-order valence-electron chi connectivity index (χ4n) is 1.30. The van der Waals surface area contributed by atoms with Gasteiger partial charge in [-0.2, -0.15) is 0 Å². The lowest BCUT2D eigenvalue weighted by atomic mass is 10.2. The van der Waals surface area contributed by atoms with Gasteiger partial charge in [0.2, 0.25) is 0 Å². The molecule has 0 aromatic carbocycles. The molecule has 0 atom stereocenters. The van der Waals surface area contributed by atoms with Crippen molar-refractivity contribution in [2.75, 3.05) is 0 Å². The molecular weight excluding hydrogens is 224 g/mol. The monoisotopic (exact) mass is 238 g/mol. The van der Waals surface area contributed by atoms with Crippen LogP contribution in [0.5, 0.6) is 0 Å². The van der Waals surface area contributed by atoms with Crippen LogP contribution in [0.2, 0.25) is 0 Å². The van der Waals surface area contributed by atoms with Crippen molar-refractivity contribution >= 4 is 23.3 Å². The molecule has 0 amide bonds. The Labute approximate surface area is 98.9 Å². The lowest BCUT2D eigenvalue weighted by Gasteiger charge is -2.09. The minimum atomic E-state index is -0.693. The minimum Gasteiger partial charge on any atom is -0.298 e. The number of hydrogen-bond donors (Lipinski definition) is 0. The summed E-state index contributed by atoms with van der Waals surface area (Å²) in [6.07, 6.45) is 0. The maximum atomic E-state index is 11.3. The molecule has 1 heterocycles. The number of thioether (sulfide) groups is 1. The third-order valence-corrected chi connectivity index (χ3v) is 3.22. The molecule has 0 aliphatic rings. The van der Waals surface area contributed by atoms with Crippen molar-refractivity contribution in [1.29, 1.82) is 0 Å². The van der Waals surface area contributed by atoms with Crippen molar-refractivity contribution in [3.05, 3.63) is 17.5 Å². The summed E-state index contributed by atoms with van der Waals surface area (Å²) in [5, 5.41) is -0.214. The Morgan fingerprint density at radius 3 is 1.94 bits per heavy atom. The predicted octanol–water partition coefficient (Wildman–Crippen LogP) is 1.73. The van der Waals surface area contributed by atoms with Gasteiger partial charge in [0, 0.05) is 11.4 Å². The molecule has 0 bridgehead atoms. The minimum absolute atomic E-state index is 0.166. The molecule has 0 radical (unpaired) electrons. The average molecular weight is 238 g/mol. The Bertz CT molecular complexity index is 398. The van der Waals surface area contributed by atoms with Gasteiger partial charge in [-0.3, -0.25) is 9.59 Å². The number of aromatic nitrogens is 2. The Morgan fingerprint density at radius 1 is 1.12 bits per heavy atom. The molecule has 1 aromatic heterocycles. The van der Waals surface area contributed by atoms with E-state index in [2.05, 4.69) is 9.97 Å². The molecule has 1 rings (SSSR count). The molecule has 0 aliphatic carbocycles. The van der Waals surface area contributed by atoms with Crippen LogP contribution in [0.25, 0.3) is 0 Å². The van der Waals surface area contributed by atoms with Gasteiger partial charge in [-0.15, -0.1) is 0 Å². The van der Waals surface area contributed by atoms with Crippen LogP contribution in [0.4, 0.5) is 0 Å². The van der Waals surface area contributed by atoms with E-state index in [-0.39, 0.29) is 11.6 Å². The van der Waals surface area contributed by atoms with Crippen molar-refractivity contribution in [2.45, 2.75) is 38.1 Å². The fraction of sp³-hybridized carbons (Fsp3) is 0.455. The van der Waals surface area contributed by atoms with Crippen molar-refractivity contribution < 1.29 is 9.59 Å². The highest BCUT2D eigenvalue weighted by Gasteiger charge is 2.22. The molecule has 16 heavy (non-hydrogen) atoms. The molecule has 86 valence electrons. The molecule has 0 unspecified atom stereocenters. The summed E-state index contributed by atoms with van der Waals surface area (Å²) in [5.41, 5.74) is 1.67. The second-order valence-electron chi connectivity index (χ2n) is 3.65. The molecule has 0 N–H and O–H groups in total. The van der Waals surface area contributed by atoms with Crippen molar-refractivity contribution in [1.82, 2.24) is 9.97 Å². The summed E-state index contributed by atoms with van der Waals surface area (Å²) in [4.78, 5) is 30.9. The molecule has 1 aromatic rings. The number of carbonyl (C=O) groups excluding carboxylic acids is 2. The zero-order valence-corrected chi connectivity index (χ0v) is 10.6. The van der Waals surface area contributed by atoms with E-state index in [0.717, 1.165) is 23.1 Å². The lowest BCUT2D eigenvalue weighted by molar-refractivity contribution is -0.123. The summed E-state index contributed by atoms with van der Waals surface area (Å²) >= 11 is 1.11. The van der Waals surface area contributed by atoms with Gasteiger partial charge in [0.1, 0.15) is 5.25 Å². The van der Waals surface area contributed by atoms with Crippen molar-refractivity contribution in [3.63, 3.8) is 0 Å². The lowest BCUT2D eigenvalue weighted by Crippen LogP contribution is -2.22. The highest BCUT2D eigenvalue weighted by molar-refractivity contribution is 8.01. The van der Waals surface area contributed by atoms with E-state index in [1.54, 1.807) is 0 Å². The van der Waals surface area contributed by atoms with Crippen LogP contribution < -0.4 is 0 Å². The molecule has 0 aliphatic heterocycles. The number of Topliss-reactive ketones (excluding diaryl/α,β-unsaturated/α-hetero) is 2. The van der Waals surface area contributed by atoms with E-state index in [0.29, 0.717) is 5.16 Å². The highest BCUT2D eigenvalue weighted by atomic mass is 32.2. The Balaban J connectivity index is 2.93. The van der Waals surface area contributed by atoms with Crippen LogP contribution in [0.15, 0.2) is 11.2 Å². The van der Waals surface area contributed by atoms with E-state index in [9.17, 15) is 9.59 Å². The number of aryl methyl sites for hydroxylation is 2.